The molecule has 5 rings (SSSR count). The van der Waals surface area contributed by atoms with Crippen LogP contribution >= 0.6 is 11.6 Å². The Balaban J connectivity index is 1.37. The Labute approximate surface area is 256 Å². The SMILES string of the molecule is Cc1ccc(CN(CC(=O)N2C[C@H](C(=O)NCCc3ccccc3)Oc3ccccc32)S(=O)(=O)c2ccc(Cl)cc2)cc1. The molecule has 0 bridgehead atoms. The van der Waals surface area contributed by atoms with Crippen LogP contribution in [0.25, 0.3) is 0 Å². The number of ether oxygens (including phenoxy) is 1. The van der Waals surface area contributed by atoms with Gasteiger partial charge in [0, 0.05) is 18.1 Å². The lowest BCUT2D eigenvalue weighted by Gasteiger charge is -2.35. The van der Waals surface area contributed by atoms with Gasteiger partial charge in [-0.25, -0.2) is 8.42 Å². The molecule has 1 N–H and O–H groups in total. The summed E-state index contributed by atoms with van der Waals surface area (Å²) in [4.78, 5) is 28.5. The van der Waals surface area contributed by atoms with Gasteiger partial charge in [-0.3, -0.25) is 9.59 Å². The van der Waals surface area contributed by atoms with Crippen molar-refractivity contribution in [3.05, 3.63) is 125 Å². The van der Waals surface area contributed by atoms with Crippen LogP contribution in [0, 0.1) is 6.92 Å². The van der Waals surface area contributed by atoms with Crippen LogP contribution < -0.4 is 15.0 Å². The van der Waals surface area contributed by atoms with Crippen LogP contribution in [0.2, 0.25) is 5.02 Å². The number of hydrogen-bond donors (Lipinski definition) is 1. The van der Waals surface area contributed by atoms with E-state index in [0.29, 0.717) is 29.4 Å². The van der Waals surface area contributed by atoms with Gasteiger partial charge >= 0.3 is 0 Å². The van der Waals surface area contributed by atoms with Gasteiger partial charge in [-0.2, -0.15) is 4.31 Å². The number of aryl methyl sites for hydroxylation is 1. The molecule has 1 aliphatic rings. The van der Waals surface area contributed by atoms with Crippen LogP contribution in [0.4, 0.5) is 5.69 Å². The second-order valence-corrected chi connectivity index (χ2v) is 12.7. The third-order valence-electron chi connectivity index (χ3n) is 7.17. The molecular weight excluding hydrogens is 586 g/mol. The Morgan fingerprint density at radius 3 is 2.30 bits per heavy atom. The first-order valence-corrected chi connectivity index (χ1v) is 15.7. The molecule has 2 amide bonds. The van der Waals surface area contributed by atoms with Gasteiger partial charge in [0.2, 0.25) is 15.9 Å². The highest BCUT2D eigenvalue weighted by Crippen LogP contribution is 2.34. The van der Waals surface area contributed by atoms with E-state index >= 15 is 0 Å². The average Bonchev–Trinajstić information content (AvgIpc) is 3.01. The highest BCUT2D eigenvalue weighted by molar-refractivity contribution is 7.89. The maximum Gasteiger partial charge on any atom is 0.262 e. The van der Waals surface area contributed by atoms with Crippen LogP contribution in [-0.2, 0) is 32.6 Å². The Morgan fingerprint density at radius 2 is 1.58 bits per heavy atom. The molecule has 4 aromatic rings. The number of nitrogens with zero attached hydrogens (tertiary/aromatic N) is 2. The Bertz CT molecular complexity index is 1680. The highest BCUT2D eigenvalue weighted by atomic mass is 35.5. The lowest BCUT2D eigenvalue weighted by atomic mass is 10.1. The lowest BCUT2D eigenvalue weighted by Crippen LogP contribution is -2.53. The minimum Gasteiger partial charge on any atom is -0.477 e. The first-order valence-electron chi connectivity index (χ1n) is 13.9. The number of para-hydroxylation sites is 2. The first kappa shape index (κ1) is 30.3. The number of hydrogen-bond acceptors (Lipinski definition) is 5. The van der Waals surface area contributed by atoms with Crippen molar-refractivity contribution >= 4 is 39.1 Å². The normalized spacial score (nSPS) is 14.6. The number of amides is 2. The van der Waals surface area contributed by atoms with E-state index in [0.717, 1.165) is 21.0 Å². The molecule has 0 unspecified atom stereocenters. The van der Waals surface area contributed by atoms with Gasteiger partial charge < -0.3 is 15.0 Å². The van der Waals surface area contributed by atoms with Crippen molar-refractivity contribution in [2.45, 2.75) is 30.9 Å². The minimum atomic E-state index is -4.09. The van der Waals surface area contributed by atoms with Crippen molar-refractivity contribution in [3.63, 3.8) is 0 Å². The smallest absolute Gasteiger partial charge is 0.262 e. The molecule has 1 heterocycles. The monoisotopic (exact) mass is 617 g/mol. The van der Waals surface area contributed by atoms with E-state index in [1.54, 1.807) is 24.3 Å². The van der Waals surface area contributed by atoms with Gasteiger partial charge in [0.1, 0.15) is 5.75 Å². The van der Waals surface area contributed by atoms with Crippen LogP contribution in [0.1, 0.15) is 16.7 Å². The minimum absolute atomic E-state index is 0.0215. The fourth-order valence-corrected chi connectivity index (χ4v) is 6.31. The molecule has 222 valence electrons. The number of rotatable bonds is 10. The molecule has 8 nitrogen and oxygen atoms in total. The quantitative estimate of drug-likeness (QED) is 0.270. The fourth-order valence-electron chi connectivity index (χ4n) is 4.81. The maximum absolute atomic E-state index is 13.9. The Morgan fingerprint density at radius 1 is 0.907 bits per heavy atom. The predicted octanol–water partition coefficient (Wildman–Crippen LogP) is 4.99. The lowest BCUT2D eigenvalue weighted by molar-refractivity contribution is -0.128. The molecule has 4 aromatic carbocycles. The maximum atomic E-state index is 13.9. The summed E-state index contributed by atoms with van der Waals surface area (Å²) < 4.78 is 34.8. The van der Waals surface area contributed by atoms with E-state index in [-0.39, 0.29) is 23.9 Å². The standard InChI is InChI=1S/C33H32ClN3O5S/c1-24-11-13-26(14-12-24)21-36(43(40,41)28-17-15-27(34)16-18-28)23-32(38)37-22-31(42-30-10-6-5-9-29(30)37)33(39)35-20-19-25-7-3-2-4-8-25/h2-18,31H,19-23H2,1H3,(H,35,39)/t31-/m1/s1. The molecule has 0 fully saturated rings. The van der Waals surface area contributed by atoms with Crippen molar-refractivity contribution in [1.29, 1.82) is 0 Å². The second-order valence-electron chi connectivity index (χ2n) is 10.3. The summed E-state index contributed by atoms with van der Waals surface area (Å²) in [6.07, 6.45) is -0.317. The van der Waals surface area contributed by atoms with Crippen LogP contribution in [0.5, 0.6) is 5.75 Å². The van der Waals surface area contributed by atoms with Crippen molar-refractivity contribution in [3.8, 4) is 5.75 Å². The molecule has 0 saturated heterocycles. The molecule has 43 heavy (non-hydrogen) atoms. The van der Waals surface area contributed by atoms with Gasteiger partial charge in [0.15, 0.2) is 6.10 Å². The van der Waals surface area contributed by atoms with E-state index in [4.69, 9.17) is 16.3 Å². The van der Waals surface area contributed by atoms with E-state index in [2.05, 4.69) is 5.32 Å². The molecule has 0 spiro atoms. The summed E-state index contributed by atoms with van der Waals surface area (Å²) in [5, 5.41) is 3.30. The number of benzene rings is 4. The van der Waals surface area contributed by atoms with Gasteiger partial charge in [-0.1, -0.05) is 83.9 Å². The summed E-state index contributed by atoms with van der Waals surface area (Å²) >= 11 is 6.01. The van der Waals surface area contributed by atoms with Gasteiger partial charge in [0.25, 0.3) is 5.91 Å². The number of nitrogens with one attached hydrogen (secondary N) is 1. The largest absolute Gasteiger partial charge is 0.477 e. The van der Waals surface area contributed by atoms with Crippen molar-refractivity contribution < 1.29 is 22.7 Å². The number of sulfonamides is 1. The number of carbonyl (C=O) groups excluding carboxylic acids is 2. The zero-order valence-electron chi connectivity index (χ0n) is 23.6. The van der Waals surface area contributed by atoms with Crippen LogP contribution in [0.15, 0.2) is 108 Å². The van der Waals surface area contributed by atoms with E-state index < -0.39 is 28.6 Å². The van der Waals surface area contributed by atoms with Crippen molar-refractivity contribution in [1.82, 2.24) is 9.62 Å². The zero-order chi connectivity index (χ0) is 30.4. The summed E-state index contributed by atoms with van der Waals surface area (Å²) in [5.41, 5.74) is 3.32. The third kappa shape index (κ3) is 7.43. The van der Waals surface area contributed by atoms with Crippen LogP contribution in [0.3, 0.4) is 0 Å². The summed E-state index contributed by atoms with van der Waals surface area (Å²) in [5.74, 6) is -0.466. The van der Waals surface area contributed by atoms with E-state index in [1.165, 1.54) is 29.2 Å². The summed E-state index contributed by atoms with van der Waals surface area (Å²) in [7, 11) is -4.09. The third-order valence-corrected chi connectivity index (χ3v) is 9.22. The number of fused-ring (bicyclic) bond motifs is 1. The van der Waals surface area contributed by atoms with Gasteiger partial charge in [-0.15, -0.1) is 0 Å². The first-order chi connectivity index (χ1) is 20.7. The Hall–Kier alpha value is -4.18. The average molecular weight is 618 g/mol. The predicted molar refractivity (Wildman–Crippen MR) is 167 cm³/mol. The van der Waals surface area contributed by atoms with Gasteiger partial charge in [0.05, 0.1) is 23.7 Å². The van der Waals surface area contributed by atoms with Gasteiger partial charge in [-0.05, 0) is 60.9 Å². The number of halogens is 1. The molecule has 0 radical (unpaired) electrons. The molecule has 0 saturated carbocycles. The van der Waals surface area contributed by atoms with E-state index in [9.17, 15) is 18.0 Å². The second kappa shape index (κ2) is 13.4. The topological polar surface area (TPSA) is 96.0 Å². The fraction of sp³-hybridized carbons (Fsp3) is 0.212. The molecular formula is C33H32ClN3O5S. The summed E-state index contributed by atoms with van der Waals surface area (Å²) in [6, 6.07) is 30.0. The van der Waals surface area contributed by atoms with Crippen LogP contribution in [-0.4, -0.2) is 50.3 Å². The number of anilines is 1. The van der Waals surface area contributed by atoms with Crippen molar-refractivity contribution in [2.24, 2.45) is 0 Å². The van der Waals surface area contributed by atoms with Crippen molar-refractivity contribution in [2.75, 3.05) is 24.5 Å². The highest BCUT2D eigenvalue weighted by Gasteiger charge is 2.36. The molecule has 0 aliphatic carbocycles. The zero-order valence-corrected chi connectivity index (χ0v) is 25.2. The molecule has 1 aliphatic heterocycles. The van der Waals surface area contributed by atoms with E-state index in [1.807, 2.05) is 61.5 Å². The molecule has 1 atom stereocenters. The molecule has 10 heteroatoms. The summed E-state index contributed by atoms with van der Waals surface area (Å²) in [6.45, 7) is 1.82. The number of carbonyl (C=O) groups is 2. The molecule has 0 aromatic heterocycles. The Kier molecular flexibility index (Phi) is 9.45.